The van der Waals surface area contributed by atoms with Gasteiger partial charge >= 0.3 is 5.97 Å². The molecule has 0 heterocycles. The average Bonchev–Trinajstić information content (AvgIpc) is 2.86. The topological polar surface area (TPSA) is 98.0 Å². The van der Waals surface area contributed by atoms with Crippen molar-refractivity contribution in [1.82, 2.24) is 0 Å². The number of phenolic OH excluding ortho intramolecular Hbond substituents is 3. The SMILES string of the molecule is CCCCCCCCCCCCCCCCCC(=O)O.Oc1ccc(/C=C/c2cc(O)cc(O)c2)cc1. The number of phenols is 3. The molecular formula is C32H48O5. The first kappa shape index (κ1) is 32.1. The number of aliphatic carboxylic acids is 1. The Balaban J connectivity index is 0.000000373. The summed E-state index contributed by atoms with van der Waals surface area (Å²) in [6, 6.07) is 11.1. The highest BCUT2D eigenvalue weighted by Crippen LogP contribution is 2.22. The second kappa shape index (κ2) is 21.2. The Bertz CT molecular complexity index is 853. The molecule has 0 amide bonds. The molecular weight excluding hydrogens is 464 g/mol. The van der Waals surface area contributed by atoms with Gasteiger partial charge in [0.25, 0.3) is 0 Å². The molecule has 0 fully saturated rings. The molecule has 5 heteroatoms. The van der Waals surface area contributed by atoms with E-state index >= 15 is 0 Å². The van der Waals surface area contributed by atoms with Crippen LogP contribution in [-0.4, -0.2) is 26.4 Å². The molecule has 0 atom stereocenters. The second-order valence-electron chi connectivity index (χ2n) is 9.80. The van der Waals surface area contributed by atoms with Crippen LogP contribution in [0.15, 0.2) is 42.5 Å². The van der Waals surface area contributed by atoms with Crippen LogP contribution < -0.4 is 0 Å². The maximum atomic E-state index is 10.3. The molecule has 0 saturated heterocycles. The Morgan fingerprint density at radius 1 is 0.568 bits per heavy atom. The Kier molecular flexibility index (Phi) is 18.4. The molecule has 206 valence electrons. The van der Waals surface area contributed by atoms with Gasteiger partial charge in [-0.3, -0.25) is 4.79 Å². The molecule has 0 aromatic heterocycles. The van der Waals surface area contributed by atoms with E-state index in [1.54, 1.807) is 42.5 Å². The van der Waals surface area contributed by atoms with Gasteiger partial charge in [0.15, 0.2) is 0 Å². The van der Waals surface area contributed by atoms with Gasteiger partial charge in [-0.25, -0.2) is 0 Å². The zero-order chi connectivity index (χ0) is 27.1. The standard InChI is InChI=1S/C18H36O2.C14H12O3/c1-2-3-4-5-6-7-8-9-10-11-12-13-14-15-16-17-18(19)20;15-12-5-3-10(4-6-12)1-2-11-7-13(16)9-14(17)8-11/h2-17H2,1H3,(H,19,20);1-9,15-17H/b;2-1+. The van der Waals surface area contributed by atoms with E-state index in [0.29, 0.717) is 12.0 Å². The minimum atomic E-state index is -0.653. The fraction of sp³-hybridized carbons (Fsp3) is 0.531. The van der Waals surface area contributed by atoms with Gasteiger partial charge in [0.1, 0.15) is 17.2 Å². The molecule has 0 radical (unpaired) electrons. The van der Waals surface area contributed by atoms with Crippen LogP contribution in [0.2, 0.25) is 0 Å². The minimum Gasteiger partial charge on any atom is -0.508 e. The molecule has 0 spiro atoms. The van der Waals surface area contributed by atoms with Crippen molar-refractivity contribution in [3.05, 3.63) is 53.6 Å². The maximum absolute atomic E-state index is 10.3. The van der Waals surface area contributed by atoms with Crippen molar-refractivity contribution in [3.63, 3.8) is 0 Å². The number of hydrogen-bond acceptors (Lipinski definition) is 4. The zero-order valence-electron chi connectivity index (χ0n) is 22.7. The van der Waals surface area contributed by atoms with E-state index < -0.39 is 5.97 Å². The van der Waals surface area contributed by atoms with Crippen molar-refractivity contribution >= 4 is 18.1 Å². The first-order chi connectivity index (χ1) is 17.9. The number of carboxylic acids is 1. The van der Waals surface area contributed by atoms with E-state index in [4.69, 9.17) is 10.2 Å². The van der Waals surface area contributed by atoms with Crippen LogP contribution in [0.5, 0.6) is 17.2 Å². The predicted molar refractivity (Wildman–Crippen MR) is 154 cm³/mol. The lowest BCUT2D eigenvalue weighted by atomic mass is 10.0. The van der Waals surface area contributed by atoms with E-state index in [0.717, 1.165) is 18.4 Å². The molecule has 0 saturated carbocycles. The number of unbranched alkanes of at least 4 members (excludes halogenated alkanes) is 14. The number of carboxylic acid groups (broad SMARTS) is 1. The van der Waals surface area contributed by atoms with Gasteiger partial charge in [0.2, 0.25) is 0 Å². The van der Waals surface area contributed by atoms with Crippen molar-refractivity contribution in [2.24, 2.45) is 0 Å². The summed E-state index contributed by atoms with van der Waals surface area (Å²) < 4.78 is 0. The summed E-state index contributed by atoms with van der Waals surface area (Å²) in [5.41, 5.74) is 1.63. The largest absolute Gasteiger partial charge is 0.508 e. The van der Waals surface area contributed by atoms with Crippen molar-refractivity contribution in [2.45, 2.75) is 110 Å². The van der Waals surface area contributed by atoms with Crippen LogP contribution in [0.25, 0.3) is 12.2 Å². The first-order valence-electron chi connectivity index (χ1n) is 14.1. The summed E-state index contributed by atoms with van der Waals surface area (Å²) in [5.74, 6) is -0.387. The van der Waals surface area contributed by atoms with Gasteiger partial charge in [-0.1, -0.05) is 121 Å². The quantitative estimate of drug-likeness (QED) is 0.118. The van der Waals surface area contributed by atoms with Gasteiger partial charge in [0, 0.05) is 12.5 Å². The molecule has 2 aromatic carbocycles. The molecule has 0 aliphatic rings. The highest BCUT2D eigenvalue weighted by molar-refractivity contribution is 5.71. The number of hydrogen-bond donors (Lipinski definition) is 4. The summed E-state index contributed by atoms with van der Waals surface area (Å²) in [7, 11) is 0. The lowest BCUT2D eigenvalue weighted by Gasteiger charge is -2.03. The molecule has 2 aromatic rings. The fourth-order valence-corrected chi connectivity index (χ4v) is 4.14. The Hall–Kier alpha value is -2.95. The summed E-state index contributed by atoms with van der Waals surface area (Å²) in [5, 5.41) is 36.2. The fourth-order valence-electron chi connectivity index (χ4n) is 4.14. The van der Waals surface area contributed by atoms with Crippen LogP contribution >= 0.6 is 0 Å². The third-order valence-electron chi connectivity index (χ3n) is 6.28. The van der Waals surface area contributed by atoms with Gasteiger partial charge in [-0.05, 0) is 41.8 Å². The predicted octanol–water partition coefficient (Wildman–Crippen LogP) is 9.31. The Morgan fingerprint density at radius 2 is 0.973 bits per heavy atom. The molecule has 5 nitrogen and oxygen atoms in total. The highest BCUT2D eigenvalue weighted by Gasteiger charge is 1.98. The van der Waals surface area contributed by atoms with E-state index in [-0.39, 0.29) is 17.2 Å². The highest BCUT2D eigenvalue weighted by atomic mass is 16.4. The molecule has 37 heavy (non-hydrogen) atoms. The monoisotopic (exact) mass is 512 g/mol. The second-order valence-corrected chi connectivity index (χ2v) is 9.80. The van der Waals surface area contributed by atoms with E-state index in [9.17, 15) is 15.0 Å². The van der Waals surface area contributed by atoms with Crippen LogP contribution in [0, 0.1) is 0 Å². The lowest BCUT2D eigenvalue weighted by Crippen LogP contribution is -1.93. The van der Waals surface area contributed by atoms with Crippen molar-refractivity contribution in [1.29, 1.82) is 0 Å². The first-order valence-corrected chi connectivity index (χ1v) is 14.1. The van der Waals surface area contributed by atoms with Gasteiger partial charge in [0.05, 0.1) is 0 Å². The maximum Gasteiger partial charge on any atom is 0.303 e. The molecule has 0 unspecified atom stereocenters. The van der Waals surface area contributed by atoms with Crippen LogP contribution in [0.1, 0.15) is 121 Å². The van der Waals surface area contributed by atoms with Crippen molar-refractivity contribution in [3.8, 4) is 17.2 Å². The van der Waals surface area contributed by atoms with Crippen LogP contribution in [0.3, 0.4) is 0 Å². The Morgan fingerprint density at radius 3 is 1.41 bits per heavy atom. The van der Waals surface area contributed by atoms with E-state index in [2.05, 4.69) is 6.92 Å². The average molecular weight is 513 g/mol. The van der Waals surface area contributed by atoms with E-state index in [1.165, 1.54) is 89.5 Å². The third kappa shape index (κ3) is 18.9. The summed E-state index contributed by atoms with van der Waals surface area (Å²) in [6.45, 7) is 2.27. The molecule has 0 aliphatic heterocycles. The minimum absolute atomic E-state index is 0.0235. The van der Waals surface area contributed by atoms with E-state index in [1.807, 2.05) is 6.08 Å². The van der Waals surface area contributed by atoms with Gasteiger partial charge in [-0.15, -0.1) is 0 Å². The lowest BCUT2D eigenvalue weighted by molar-refractivity contribution is -0.137. The van der Waals surface area contributed by atoms with Crippen LogP contribution in [-0.2, 0) is 4.79 Å². The van der Waals surface area contributed by atoms with Crippen LogP contribution in [0.4, 0.5) is 0 Å². The van der Waals surface area contributed by atoms with Gasteiger partial charge < -0.3 is 20.4 Å². The number of carbonyl (C=O) groups is 1. The number of aromatic hydroxyl groups is 3. The third-order valence-corrected chi connectivity index (χ3v) is 6.28. The van der Waals surface area contributed by atoms with Gasteiger partial charge in [-0.2, -0.15) is 0 Å². The molecule has 0 bridgehead atoms. The normalized spacial score (nSPS) is 10.8. The molecule has 2 rings (SSSR count). The smallest absolute Gasteiger partial charge is 0.303 e. The summed E-state index contributed by atoms with van der Waals surface area (Å²) in [4.78, 5) is 10.3. The Labute approximate surface area is 223 Å². The summed E-state index contributed by atoms with van der Waals surface area (Å²) >= 11 is 0. The van der Waals surface area contributed by atoms with Crippen molar-refractivity contribution < 1.29 is 25.2 Å². The van der Waals surface area contributed by atoms with Crippen molar-refractivity contribution in [2.75, 3.05) is 0 Å². The number of rotatable bonds is 18. The molecule has 0 aliphatic carbocycles. The molecule has 4 N–H and O–H groups in total. The summed E-state index contributed by atoms with van der Waals surface area (Å²) in [6.07, 6.45) is 23.8. The number of benzene rings is 2. The zero-order valence-corrected chi connectivity index (χ0v) is 22.7.